The van der Waals surface area contributed by atoms with Gasteiger partial charge in [0.05, 0.1) is 23.7 Å². The molecule has 3 rings (SSSR count). The van der Waals surface area contributed by atoms with E-state index in [4.69, 9.17) is 16.6 Å². The number of aromatic nitrogens is 2. The fraction of sp³-hybridized carbons (Fsp3) is 0.133. The first-order valence-electron chi connectivity index (χ1n) is 6.60. The minimum Gasteiger partial charge on any atom is -0.467 e. The van der Waals surface area contributed by atoms with Crippen molar-refractivity contribution in [3.63, 3.8) is 0 Å². The fourth-order valence-corrected chi connectivity index (χ4v) is 2.32. The van der Waals surface area contributed by atoms with E-state index >= 15 is 0 Å². The first-order valence-corrected chi connectivity index (χ1v) is 7.01. The first-order chi connectivity index (χ1) is 10.6. The average molecular weight is 315 g/mol. The Morgan fingerprint density at radius 1 is 1.41 bits per heavy atom. The van der Waals surface area contributed by atoms with Crippen LogP contribution in [0.3, 0.4) is 0 Å². The van der Waals surface area contributed by atoms with Crippen molar-refractivity contribution < 1.29 is 9.21 Å². The predicted octanol–water partition coefficient (Wildman–Crippen LogP) is 2.12. The molecule has 1 aromatic carbocycles. The van der Waals surface area contributed by atoms with Crippen molar-refractivity contribution in [2.75, 3.05) is 0 Å². The van der Waals surface area contributed by atoms with Crippen molar-refractivity contribution in [1.82, 2.24) is 14.9 Å². The molecule has 0 atom stereocenters. The van der Waals surface area contributed by atoms with Crippen LogP contribution in [-0.2, 0) is 13.6 Å². The standard InChI is InChI=1S/C15H13N3O3S/c1-18-14(20)11-5-4-9(7-12(11)17-15(18)22)13(19)16-8-10-3-2-6-21-10/h2-7H,8H2,1H3,(H,16,19)(H,17,22). The van der Waals surface area contributed by atoms with Gasteiger partial charge in [-0.2, -0.15) is 0 Å². The van der Waals surface area contributed by atoms with Crippen molar-refractivity contribution in [2.24, 2.45) is 7.05 Å². The second kappa shape index (κ2) is 5.61. The largest absolute Gasteiger partial charge is 0.467 e. The summed E-state index contributed by atoms with van der Waals surface area (Å²) in [6.07, 6.45) is 1.55. The topological polar surface area (TPSA) is 80.0 Å². The maximum atomic E-state index is 12.1. The van der Waals surface area contributed by atoms with Gasteiger partial charge in [-0.3, -0.25) is 14.2 Å². The number of carbonyl (C=O) groups excluding carboxylic acids is 1. The minimum absolute atomic E-state index is 0.193. The van der Waals surface area contributed by atoms with E-state index in [1.807, 2.05) is 0 Å². The zero-order valence-electron chi connectivity index (χ0n) is 11.8. The third-order valence-electron chi connectivity index (χ3n) is 3.37. The molecule has 0 unspecified atom stereocenters. The van der Waals surface area contributed by atoms with Gasteiger partial charge in [0.15, 0.2) is 4.77 Å². The Bertz CT molecular complexity index is 954. The number of carbonyl (C=O) groups is 1. The molecule has 2 N–H and O–H groups in total. The summed E-state index contributed by atoms with van der Waals surface area (Å²) in [5, 5.41) is 3.24. The average Bonchev–Trinajstić information content (AvgIpc) is 3.03. The number of fused-ring (bicyclic) bond motifs is 1. The second-order valence-electron chi connectivity index (χ2n) is 4.82. The third-order valence-corrected chi connectivity index (χ3v) is 3.74. The number of nitrogens with zero attached hydrogens (tertiary/aromatic N) is 1. The normalized spacial score (nSPS) is 10.8. The highest BCUT2D eigenvalue weighted by Crippen LogP contribution is 2.11. The highest BCUT2D eigenvalue weighted by molar-refractivity contribution is 7.71. The first kappa shape index (κ1) is 14.3. The van der Waals surface area contributed by atoms with Crippen LogP contribution in [0.5, 0.6) is 0 Å². The number of amides is 1. The molecule has 0 bridgehead atoms. The van der Waals surface area contributed by atoms with Crippen molar-refractivity contribution in [3.05, 3.63) is 63.0 Å². The van der Waals surface area contributed by atoms with Crippen molar-refractivity contribution >= 4 is 29.0 Å². The van der Waals surface area contributed by atoms with Crippen LogP contribution in [0.4, 0.5) is 0 Å². The van der Waals surface area contributed by atoms with Gasteiger partial charge >= 0.3 is 0 Å². The molecule has 6 nitrogen and oxygen atoms in total. The number of furan rings is 1. The molecule has 3 aromatic rings. The smallest absolute Gasteiger partial charge is 0.261 e. The molecule has 1 amide bonds. The summed E-state index contributed by atoms with van der Waals surface area (Å²) in [6.45, 7) is 0.302. The highest BCUT2D eigenvalue weighted by Gasteiger charge is 2.09. The van der Waals surface area contributed by atoms with Gasteiger partial charge in [-0.1, -0.05) is 0 Å². The lowest BCUT2D eigenvalue weighted by atomic mass is 10.1. The van der Waals surface area contributed by atoms with E-state index in [0.717, 1.165) is 0 Å². The quantitative estimate of drug-likeness (QED) is 0.726. The van der Waals surface area contributed by atoms with Crippen molar-refractivity contribution in [1.29, 1.82) is 0 Å². The molecule has 0 aliphatic rings. The van der Waals surface area contributed by atoms with E-state index < -0.39 is 0 Å². The van der Waals surface area contributed by atoms with Gasteiger partial charge in [0.25, 0.3) is 11.5 Å². The minimum atomic E-state index is -0.252. The van der Waals surface area contributed by atoms with E-state index in [0.29, 0.717) is 33.5 Å². The lowest BCUT2D eigenvalue weighted by Crippen LogP contribution is -2.23. The molecule has 2 heterocycles. The third kappa shape index (κ3) is 2.58. The number of nitrogens with one attached hydrogen (secondary N) is 2. The van der Waals surface area contributed by atoms with Gasteiger partial charge in [0.1, 0.15) is 5.76 Å². The zero-order valence-corrected chi connectivity index (χ0v) is 12.6. The highest BCUT2D eigenvalue weighted by atomic mass is 32.1. The number of hydrogen-bond acceptors (Lipinski definition) is 4. The predicted molar refractivity (Wildman–Crippen MR) is 84.3 cm³/mol. The summed E-state index contributed by atoms with van der Waals surface area (Å²) in [6, 6.07) is 8.38. The molecular formula is C15H13N3O3S. The Kier molecular flexibility index (Phi) is 3.64. The lowest BCUT2D eigenvalue weighted by molar-refractivity contribution is 0.0948. The molecule has 0 radical (unpaired) electrons. The zero-order chi connectivity index (χ0) is 15.7. The monoisotopic (exact) mass is 315 g/mol. The van der Waals surface area contributed by atoms with Crippen LogP contribution in [-0.4, -0.2) is 15.5 Å². The van der Waals surface area contributed by atoms with Crippen LogP contribution in [0.2, 0.25) is 0 Å². The van der Waals surface area contributed by atoms with Crippen LogP contribution in [0, 0.1) is 4.77 Å². The molecule has 0 aliphatic carbocycles. The van der Waals surface area contributed by atoms with E-state index in [-0.39, 0.29) is 11.5 Å². The van der Waals surface area contributed by atoms with Gasteiger partial charge in [0, 0.05) is 12.6 Å². The van der Waals surface area contributed by atoms with E-state index in [9.17, 15) is 9.59 Å². The molecule has 0 aliphatic heterocycles. The summed E-state index contributed by atoms with van der Waals surface area (Å²) < 4.78 is 6.82. The molecule has 22 heavy (non-hydrogen) atoms. The Morgan fingerprint density at radius 2 is 2.23 bits per heavy atom. The van der Waals surface area contributed by atoms with Crippen LogP contribution in [0.15, 0.2) is 45.8 Å². The molecule has 0 saturated carbocycles. The number of hydrogen-bond donors (Lipinski definition) is 2. The summed E-state index contributed by atoms with van der Waals surface area (Å²) in [4.78, 5) is 27.2. The molecular weight excluding hydrogens is 302 g/mol. The van der Waals surface area contributed by atoms with E-state index in [2.05, 4.69) is 10.3 Å². The van der Waals surface area contributed by atoms with Gasteiger partial charge in [-0.25, -0.2) is 0 Å². The second-order valence-corrected chi connectivity index (χ2v) is 5.20. The number of aromatic amines is 1. The number of H-pyrrole nitrogens is 1. The van der Waals surface area contributed by atoms with Gasteiger partial charge in [-0.15, -0.1) is 0 Å². The summed E-state index contributed by atoms with van der Waals surface area (Å²) in [7, 11) is 1.60. The summed E-state index contributed by atoms with van der Waals surface area (Å²) >= 11 is 5.08. The van der Waals surface area contributed by atoms with Crippen LogP contribution >= 0.6 is 12.2 Å². The molecule has 2 aromatic heterocycles. The van der Waals surface area contributed by atoms with Crippen molar-refractivity contribution in [3.8, 4) is 0 Å². The molecule has 0 saturated heterocycles. The van der Waals surface area contributed by atoms with Crippen molar-refractivity contribution in [2.45, 2.75) is 6.54 Å². The lowest BCUT2D eigenvalue weighted by Gasteiger charge is -2.06. The van der Waals surface area contributed by atoms with E-state index in [1.165, 1.54) is 4.57 Å². The Labute approximate surface area is 130 Å². The SMILES string of the molecule is Cn1c(=S)[nH]c2cc(C(=O)NCc3ccco3)ccc2c1=O. The van der Waals surface area contributed by atoms with E-state index in [1.54, 1.807) is 43.6 Å². The molecule has 0 spiro atoms. The number of rotatable bonds is 3. The maximum Gasteiger partial charge on any atom is 0.261 e. The Morgan fingerprint density at radius 3 is 2.95 bits per heavy atom. The maximum absolute atomic E-state index is 12.1. The Balaban J connectivity index is 1.91. The number of benzene rings is 1. The summed E-state index contributed by atoms with van der Waals surface area (Å²) in [5.41, 5.74) is 0.790. The molecule has 112 valence electrons. The van der Waals surface area contributed by atoms with Gasteiger partial charge in [0.2, 0.25) is 0 Å². The van der Waals surface area contributed by atoms with Crippen LogP contribution in [0.1, 0.15) is 16.1 Å². The summed E-state index contributed by atoms with van der Waals surface area (Å²) in [5.74, 6) is 0.417. The van der Waals surface area contributed by atoms with Crippen LogP contribution < -0.4 is 10.9 Å². The molecule has 7 heteroatoms. The Hall–Kier alpha value is -2.67. The van der Waals surface area contributed by atoms with Gasteiger partial charge < -0.3 is 14.7 Å². The van der Waals surface area contributed by atoms with Crippen LogP contribution in [0.25, 0.3) is 10.9 Å². The van der Waals surface area contributed by atoms with Gasteiger partial charge in [-0.05, 0) is 42.5 Å². The molecule has 0 fully saturated rings. The fourth-order valence-electron chi connectivity index (χ4n) is 2.13.